The third-order valence-electron chi connectivity index (χ3n) is 4.55. The van der Waals surface area contributed by atoms with Gasteiger partial charge in [0.05, 0.1) is 11.2 Å². The zero-order valence-electron chi connectivity index (χ0n) is 15.4. The molecule has 2 atom stereocenters. The van der Waals surface area contributed by atoms with Crippen molar-refractivity contribution in [2.75, 3.05) is 20.6 Å². The minimum absolute atomic E-state index is 0.0348. The second-order valence-corrected chi connectivity index (χ2v) is 6.72. The summed E-state index contributed by atoms with van der Waals surface area (Å²) < 4.78 is 5.48. The van der Waals surface area contributed by atoms with Gasteiger partial charge < -0.3 is 14.7 Å². The van der Waals surface area contributed by atoms with Gasteiger partial charge in [0.25, 0.3) is 0 Å². The Kier molecular flexibility index (Phi) is 6.34. The van der Waals surface area contributed by atoms with Crippen LogP contribution >= 0.6 is 0 Å². The summed E-state index contributed by atoms with van der Waals surface area (Å²) in [4.78, 5) is 14.3. The summed E-state index contributed by atoms with van der Waals surface area (Å²) in [6.45, 7) is 4.76. The standard InChI is InChI=1S/C21H27NO3/c1-5-21(24,16(2)15-22(3)4)18-12-9-13-19(14-18)25-20(23)17-10-7-6-8-11-17/h6-14,16,24H,5,15H2,1-4H3/t16-,21+/m0/s1. The Morgan fingerprint density at radius 3 is 2.44 bits per heavy atom. The smallest absolute Gasteiger partial charge is 0.343 e. The zero-order valence-corrected chi connectivity index (χ0v) is 15.4. The molecule has 4 nitrogen and oxygen atoms in total. The first kappa shape index (κ1) is 19.2. The number of ether oxygens (including phenoxy) is 1. The van der Waals surface area contributed by atoms with Gasteiger partial charge in [0, 0.05) is 12.5 Å². The minimum Gasteiger partial charge on any atom is -0.423 e. The fourth-order valence-corrected chi connectivity index (χ4v) is 3.10. The molecule has 0 aliphatic heterocycles. The van der Waals surface area contributed by atoms with Gasteiger partial charge in [-0.1, -0.05) is 44.2 Å². The van der Waals surface area contributed by atoms with Gasteiger partial charge in [-0.05, 0) is 50.3 Å². The molecule has 0 bridgehead atoms. The molecule has 0 aromatic heterocycles. The predicted molar refractivity (Wildman–Crippen MR) is 99.7 cm³/mol. The SMILES string of the molecule is CC[C@](O)(c1cccc(OC(=O)c2ccccc2)c1)[C@@H](C)CN(C)C. The Hall–Kier alpha value is -2.17. The fraction of sp³-hybridized carbons (Fsp3) is 0.381. The van der Waals surface area contributed by atoms with Gasteiger partial charge in [0.1, 0.15) is 5.75 Å². The molecule has 0 saturated carbocycles. The van der Waals surface area contributed by atoms with Crippen LogP contribution in [0.4, 0.5) is 0 Å². The normalized spacial score (nSPS) is 14.8. The molecule has 0 amide bonds. The quantitative estimate of drug-likeness (QED) is 0.616. The fourth-order valence-electron chi connectivity index (χ4n) is 3.10. The summed E-state index contributed by atoms with van der Waals surface area (Å²) in [6.07, 6.45) is 0.581. The lowest BCUT2D eigenvalue weighted by Crippen LogP contribution is -2.38. The van der Waals surface area contributed by atoms with Crippen LogP contribution < -0.4 is 4.74 Å². The highest BCUT2D eigenvalue weighted by Crippen LogP contribution is 2.35. The molecule has 0 aliphatic rings. The van der Waals surface area contributed by atoms with E-state index in [0.29, 0.717) is 17.7 Å². The highest BCUT2D eigenvalue weighted by atomic mass is 16.5. The topological polar surface area (TPSA) is 49.8 Å². The first-order valence-corrected chi connectivity index (χ1v) is 8.61. The van der Waals surface area contributed by atoms with Gasteiger partial charge in [0.2, 0.25) is 0 Å². The Morgan fingerprint density at radius 2 is 1.84 bits per heavy atom. The molecule has 2 aromatic rings. The molecule has 0 heterocycles. The number of carbonyl (C=O) groups excluding carboxylic acids is 1. The average Bonchev–Trinajstić information content (AvgIpc) is 2.61. The van der Waals surface area contributed by atoms with E-state index in [1.165, 1.54) is 0 Å². The van der Waals surface area contributed by atoms with Crippen molar-refractivity contribution in [3.8, 4) is 5.75 Å². The maximum atomic E-state index is 12.2. The predicted octanol–water partition coefficient (Wildman–Crippen LogP) is 3.70. The van der Waals surface area contributed by atoms with Gasteiger partial charge in [0.15, 0.2) is 0 Å². The maximum Gasteiger partial charge on any atom is 0.343 e. The van der Waals surface area contributed by atoms with Gasteiger partial charge >= 0.3 is 5.97 Å². The van der Waals surface area contributed by atoms with E-state index in [-0.39, 0.29) is 5.92 Å². The van der Waals surface area contributed by atoms with Gasteiger partial charge in [-0.25, -0.2) is 4.79 Å². The van der Waals surface area contributed by atoms with E-state index in [1.54, 1.807) is 36.4 Å². The molecule has 0 aliphatic carbocycles. The van der Waals surface area contributed by atoms with Crippen LogP contribution in [0, 0.1) is 5.92 Å². The number of benzene rings is 2. The van der Waals surface area contributed by atoms with Crippen LogP contribution in [0.1, 0.15) is 36.2 Å². The van der Waals surface area contributed by atoms with Crippen molar-refractivity contribution < 1.29 is 14.6 Å². The van der Waals surface area contributed by atoms with Gasteiger partial charge in [-0.15, -0.1) is 0 Å². The molecule has 2 aromatic carbocycles. The maximum absolute atomic E-state index is 12.2. The first-order chi connectivity index (χ1) is 11.9. The Morgan fingerprint density at radius 1 is 1.16 bits per heavy atom. The monoisotopic (exact) mass is 341 g/mol. The largest absolute Gasteiger partial charge is 0.423 e. The van der Waals surface area contributed by atoms with Crippen LogP contribution in [0.2, 0.25) is 0 Å². The molecule has 134 valence electrons. The minimum atomic E-state index is -0.973. The van der Waals surface area contributed by atoms with Gasteiger partial charge in [-0.2, -0.15) is 0 Å². The van der Waals surface area contributed by atoms with Crippen LogP contribution in [-0.4, -0.2) is 36.6 Å². The van der Waals surface area contributed by atoms with Crippen molar-refractivity contribution in [1.29, 1.82) is 0 Å². The third-order valence-corrected chi connectivity index (χ3v) is 4.55. The van der Waals surface area contributed by atoms with E-state index in [0.717, 1.165) is 12.1 Å². The number of nitrogens with zero attached hydrogens (tertiary/aromatic N) is 1. The number of hydrogen-bond acceptors (Lipinski definition) is 4. The highest BCUT2D eigenvalue weighted by Gasteiger charge is 2.34. The number of aliphatic hydroxyl groups is 1. The Balaban J connectivity index is 2.23. The van der Waals surface area contributed by atoms with E-state index < -0.39 is 11.6 Å². The summed E-state index contributed by atoms with van der Waals surface area (Å²) in [7, 11) is 3.98. The lowest BCUT2D eigenvalue weighted by Gasteiger charge is -2.35. The van der Waals surface area contributed by atoms with Gasteiger partial charge in [-0.3, -0.25) is 0 Å². The molecular weight excluding hydrogens is 314 g/mol. The molecule has 0 unspecified atom stereocenters. The average molecular weight is 341 g/mol. The summed E-state index contributed by atoms with van der Waals surface area (Å²) in [5.74, 6) is 0.0713. The van der Waals surface area contributed by atoms with Crippen LogP contribution in [0.3, 0.4) is 0 Å². The van der Waals surface area contributed by atoms with Crippen LogP contribution in [-0.2, 0) is 5.60 Å². The second kappa shape index (κ2) is 8.28. The van der Waals surface area contributed by atoms with E-state index in [4.69, 9.17) is 4.74 Å². The van der Waals surface area contributed by atoms with Crippen molar-refractivity contribution in [1.82, 2.24) is 4.90 Å². The molecule has 0 radical (unpaired) electrons. The molecule has 0 fully saturated rings. The molecule has 0 spiro atoms. The van der Waals surface area contributed by atoms with Crippen molar-refractivity contribution in [3.63, 3.8) is 0 Å². The van der Waals surface area contributed by atoms with Crippen LogP contribution in [0.15, 0.2) is 54.6 Å². The highest BCUT2D eigenvalue weighted by molar-refractivity contribution is 5.90. The zero-order chi connectivity index (χ0) is 18.4. The third kappa shape index (κ3) is 4.68. The molecule has 4 heteroatoms. The lowest BCUT2D eigenvalue weighted by molar-refractivity contribution is -0.0293. The first-order valence-electron chi connectivity index (χ1n) is 8.61. The van der Waals surface area contributed by atoms with E-state index >= 15 is 0 Å². The summed E-state index contributed by atoms with van der Waals surface area (Å²) in [5.41, 5.74) is 0.293. The Bertz CT molecular complexity index is 699. The van der Waals surface area contributed by atoms with Crippen molar-refractivity contribution in [3.05, 3.63) is 65.7 Å². The number of hydrogen-bond donors (Lipinski definition) is 1. The van der Waals surface area contributed by atoms with Crippen molar-refractivity contribution in [2.45, 2.75) is 25.9 Å². The molecule has 1 N–H and O–H groups in total. The second-order valence-electron chi connectivity index (χ2n) is 6.72. The summed E-state index contributed by atoms with van der Waals surface area (Å²) >= 11 is 0. The van der Waals surface area contributed by atoms with E-state index in [9.17, 15) is 9.90 Å². The Labute approximate surface area is 150 Å². The molecule has 0 saturated heterocycles. The van der Waals surface area contributed by atoms with Crippen molar-refractivity contribution >= 4 is 5.97 Å². The van der Waals surface area contributed by atoms with Crippen LogP contribution in [0.25, 0.3) is 0 Å². The summed E-state index contributed by atoms with van der Waals surface area (Å²) in [5, 5.41) is 11.2. The van der Waals surface area contributed by atoms with Crippen molar-refractivity contribution in [2.24, 2.45) is 5.92 Å². The lowest BCUT2D eigenvalue weighted by atomic mass is 9.80. The number of rotatable bonds is 7. The number of esters is 1. The molecule has 2 rings (SSSR count). The van der Waals surface area contributed by atoms with E-state index in [1.807, 2.05) is 46.1 Å². The molecule has 25 heavy (non-hydrogen) atoms. The van der Waals surface area contributed by atoms with Crippen LogP contribution in [0.5, 0.6) is 5.75 Å². The number of carbonyl (C=O) groups is 1. The summed E-state index contributed by atoms with van der Waals surface area (Å²) in [6, 6.07) is 16.1. The van der Waals surface area contributed by atoms with E-state index in [2.05, 4.69) is 4.90 Å². The molecular formula is C21H27NO3.